The van der Waals surface area contributed by atoms with Crippen LogP contribution in [-0.2, 0) is 24.1 Å². The first-order chi connectivity index (χ1) is 16.9. The molecule has 5 atom stereocenters. The molecule has 3 N–H and O–H groups in total. The van der Waals surface area contributed by atoms with E-state index in [9.17, 15) is 18.6 Å². The number of aromatic nitrogens is 1. The molecule has 10 heteroatoms. The summed E-state index contributed by atoms with van der Waals surface area (Å²) in [6, 6.07) is 2.44. The van der Waals surface area contributed by atoms with Crippen LogP contribution in [0.25, 0.3) is 0 Å². The van der Waals surface area contributed by atoms with Gasteiger partial charge in [0, 0.05) is 24.2 Å². The van der Waals surface area contributed by atoms with Gasteiger partial charge in [-0.2, -0.15) is 0 Å². The molecule has 2 aliphatic carbocycles. The number of rotatable bonds is 9. The summed E-state index contributed by atoms with van der Waals surface area (Å²) < 4.78 is 15.5. The second-order valence-corrected chi connectivity index (χ2v) is 13.8. The quantitative estimate of drug-likeness (QED) is 0.432. The molecular formula is C26H39N5O4S. The van der Waals surface area contributed by atoms with Gasteiger partial charge >= 0.3 is 0 Å². The lowest BCUT2D eigenvalue weighted by molar-refractivity contribution is -0.141. The fourth-order valence-electron chi connectivity index (χ4n) is 5.13. The normalized spacial score (nSPS) is 28.1. The molecule has 36 heavy (non-hydrogen) atoms. The van der Waals surface area contributed by atoms with E-state index in [2.05, 4.69) is 26.2 Å². The number of pyridine rings is 1. The van der Waals surface area contributed by atoms with Crippen molar-refractivity contribution in [3.63, 3.8) is 0 Å². The van der Waals surface area contributed by atoms with Crippen LogP contribution in [0.4, 0.5) is 5.69 Å². The number of anilines is 1. The highest BCUT2D eigenvalue weighted by Gasteiger charge is 2.61. The van der Waals surface area contributed by atoms with E-state index in [4.69, 9.17) is 0 Å². The predicted octanol–water partition coefficient (Wildman–Crippen LogP) is 2.09. The number of nitrogens with one attached hydrogen (secondary N) is 3. The first kappa shape index (κ1) is 26.4. The lowest BCUT2D eigenvalue weighted by Crippen LogP contribution is -2.58. The van der Waals surface area contributed by atoms with Crippen molar-refractivity contribution in [2.75, 3.05) is 11.9 Å². The Morgan fingerprint density at radius 2 is 2.00 bits per heavy atom. The molecule has 9 nitrogen and oxygen atoms in total. The lowest BCUT2D eigenvalue weighted by atomic mass is 9.85. The van der Waals surface area contributed by atoms with Crippen LogP contribution in [0.1, 0.15) is 66.2 Å². The molecule has 0 aromatic carbocycles. The van der Waals surface area contributed by atoms with E-state index in [1.807, 2.05) is 33.8 Å². The van der Waals surface area contributed by atoms with E-state index in [0.29, 0.717) is 32.2 Å². The van der Waals surface area contributed by atoms with E-state index in [-0.39, 0.29) is 23.0 Å². The third-order valence-corrected chi connectivity index (χ3v) is 9.68. The summed E-state index contributed by atoms with van der Waals surface area (Å²) in [6.45, 7) is 8.39. The van der Waals surface area contributed by atoms with Gasteiger partial charge in [0.05, 0.1) is 15.4 Å². The molecule has 1 aliphatic heterocycles. The highest BCUT2D eigenvalue weighted by atomic mass is 32.2. The van der Waals surface area contributed by atoms with Crippen LogP contribution in [0.2, 0.25) is 0 Å². The number of carbonyl (C=O) groups is 3. The van der Waals surface area contributed by atoms with Crippen molar-refractivity contribution in [1.29, 1.82) is 0 Å². The molecule has 1 aromatic heterocycles. The van der Waals surface area contributed by atoms with Crippen molar-refractivity contribution in [3.8, 4) is 0 Å². The third-order valence-electron chi connectivity index (χ3n) is 7.60. The molecule has 3 fully saturated rings. The van der Waals surface area contributed by atoms with Crippen LogP contribution >= 0.6 is 0 Å². The Morgan fingerprint density at radius 1 is 1.28 bits per heavy atom. The molecule has 2 heterocycles. The van der Waals surface area contributed by atoms with Crippen LogP contribution in [0, 0.1) is 11.3 Å². The van der Waals surface area contributed by atoms with E-state index in [1.54, 1.807) is 23.4 Å². The van der Waals surface area contributed by atoms with Crippen LogP contribution < -0.4 is 15.4 Å². The maximum absolute atomic E-state index is 13.8. The molecular weight excluding hydrogens is 478 g/mol. The van der Waals surface area contributed by atoms with E-state index in [0.717, 1.165) is 18.5 Å². The summed E-state index contributed by atoms with van der Waals surface area (Å²) in [6.07, 6.45) is 7.37. The Hall–Kier alpha value is -2.62. The van der Waals surface area contributed by atoms with Gasteiger partial charge in [-0.25, -0.2) is 4.21 Å². The average molecular weight is 518 g/mol. The molecule has 1 aromatic rings. The van der Waals surface area contributed by atoms with Gasteiger partial charge in [-0.05, 0) is 61.4 Å². The molecule has 0 bridgehead atoms. The molecule has 2 saturated carbocycles. The van der Waals surface area contributed by atoms with Gasteiger partial charge in [0.2, 0.25) is 11.8 Å². The summed E-state index contributed by atoms with van der Waals surface area (Å²) in [5.41, 5.74) is -0.771. The molecule has 3 aliphatic rings. The molecule has 4 rings (SSSR count). The summed E-state index contributed by atoms with van der Waals surface area (Å²) in [5.74, 6) is 2.82. The maximum Gasteiger partial charge on any atom is 0.257 e. The minimum Gasteiger partial charge on any atom is -0.372 e. The van der Waals surface area contributed by atoms with Gasteiger partial charge in [0.25, 0.3) is 5.91 Å². The van der Waals surface area contributed by atoms with Crippen molar-refractivity contribution in [2.45, 2.75) is 89.1 Å². The molecule has 0 spiro atoms. The Balaban J connectivity index is 1.49. The maximum atomic E-state index is 13.8. The monoisotopic (exact) mass is 517 g/mol. The Bertz CT molecular complexity index is 1110. The topological polar surface area (TPSA) is 121 Å². The van der Waals surface area contributed by atoms with Crippen LogP contribution in [0.5, 0.6) is 0 Å². The molecule has 0 radical (unpaired) electrons. The minimum absolute atomic E-state index is 0.0315. The standard InChI is InChI=1S/C26H39N5O4S/c1-6-17-15-26(17,24(34)30-36(5,35)19-11-12-19)29-22(32)20-10-8-14-31(20)23(33)21(25(2,3)4)28-18-9-7-13-27-16-18/h7,9,13,16-17,19-21,28H,5-6,8,10-12,14-15H2,1-4H3,(H,29,32)(H,30,34,35). The number of hydrogen-bond donors (Lipinski definition) is 3. The highest BCUT2D eigenvalue weighted by Crippen LogP contribution is 2.47. The number of carbonyl (C=O) groups excluding carboxylic acids is 3. The van der Waals surface area contributed by atoms with Gasteiger partial charge in [0.1, 0.15) is 17.6 Å². The molecule has 5 unspecified atom stereocenters. The fraction of sp³-hybridized carbons (Fsp3) is 0.654. The van der Waals surface area contributed by atoms with Gasteiger partial charge in [-0.3, -0.25) is 24.1 Å². The van der Waals surface area contributed by atoms with E-state index < -0.39 is 38.7 Å². The predicted molar refractivity (Wildman–Crippen MR) is 142 cm³/mol. The van der Waals surface area contributed by atoms with Crippen LogP contribution in [0.3, 0.4) is 0 Å². The van der Waals surface area contributed by atoms with Crippen molar-refractivity contribution < 1.29 is 18.6 Å². The van der Waals surface area contributed by atoms with Gasteiger partial charge < -0.3 is 15.5 Å². The fourth-order valence-corrected chi connectivity index (χ4v) is 6.69. The minimum atomic E-state index is -2.73. The molecule has 3 amide bonds. The Morgan fingerprint density at radius 3 is 2.56 bits per heavy atom. The summed E-state index contributed by atoms with van der Waals surface area (Å²) in [7, 11) is -2.73. The highest BCUT2D eigenvalue weighted by molar-refractivity contribution is 7.99. The first-order valence-electron chi connectivity index (χ1n) is 12.9. The van der Waals surface area contributed by atoms with Gasteiger partial charge in [-0.15, -0.1) is 0 Å². The number of hydrogen-bond acceptors (Lipinski definition) is 6. The van der Waals surface area contributed by atoms with Crippen LogP contribution in [-0.4, -0.2) is 67.1 Å². The van der Waals surface area contributed by atoms with Crippen LogP contribution in [0.15, 0.2) is 24.5 Å². The first-order valence-corrected chi connectivity index (χ1v) is 14.7. The van der Waals surface area contributed by atoms with E-state index in [1.165, 1.54) is 0 Å². The number of amides is 3. The van der Waals surface area contributed by atoms with Crippen molar-refractivity contribution >= 4 is 39.0 Å². The second kappa shape index (κ2) is 9.68. The second-order valence-electron chi connectivity index (χ2n) is 11.5. The lowest BCUT2D eigenvalue weighted by Gasteiger charge is -2.36. The Labute approximate surface area is 214 Å². The third kappa shape index (κ3) is 5.38. The van der Waals surface area contributed by atoms with E-state index >= 15 is 0 Å². The summed E-state index contributed by atoms with van der Waals surface area (Å²) in [4.78, 5) is 46.2. The Kier molecular flexibility index (Phi) is 7.11. The SMILES string of the molecule is C=S(=O)(NC(=O)C1(NC(=O)C2CCCN2C(=O)C(Nc2cccnc2)C(C)(C)C)CC1CC)C1CC1. The number of likely N-dealkylation sites (tertiary alicyclic amines) is 1. The largest absolute Gasteiger partial charge is 0.372 e. The molecule has 1 saturated heterocycles. The van der Waals surface area contributed by atoms with Crippen molar-refractivity contribution in [1.82, 2.24) is 19.9 Å². The van der Waals surface area contributed by atoms with Gasteiger partial charge in [0.15, 0.2) is 0 Å². The summed E-state index contributed by atoms with van der Waals surface area (Å²) >= 11 is 0. The average Bonchev–Trinajstić information content (AvgIpc) is 3.73. The zero-order chi connectivity index (χ0) is 26.3. The zero-order valence-electron chi connectivity index (χ0n) is 21.7. The number of nitrogens with zero attached hydrogens (tertiary/aromatic N) is 2. The smallest absolute Gasteiger partial charge is 0.257 e. The zero-order valence-corrected chi connectivity index (χ0v) is 22.5. The van der Waals surface area contributed by atoms with Crippen molar-refractivity contribution in [2.24, 2.45) is 11.3 Å². The molecule has 198 valence electrons. The van der Waals surface area contributed by atoms with Crippen molar-refractivity contribution in [3.05, 3.63) is 24.5 Å². The van der Waals surface area contributed by atoms with Gasteiger partial charge in [-0.1, -0.05) is 34.1 Å². The summed E-state index contributed by atoms with van der Waals surface area (Å²) in [5, 5.41) is 6.19.